The lowest BCUT2D eigenvalue weighted by Gasteiger charge is -2.10. The Morgan fingerprint density at radius 1 is 0.850 bits per heavy atom. The van der Waals surface area contributed by atoms with E-state index < -0.39 is 6.03 Å². The molecule has 0 heterocycles. The van der Waals surface area contributed by atoms with Crippen LogP contribution in [-0.4, -0.2) is 16.2 Å². The van der Waals surface area contributed by atoms with Crippen LogP contribution in [0, 0.1) is 0 Å². The van der Waals surface area contributed by atoms with Crippen molar-refractivity contribution in [2.24, 2.45) is 0 Å². The summed E-state index contributed by atoms with van der Waals surface area (Å²) in [5.41, 5.74) is 0.689. The zero-order valence-corrected chi connectivity index (χ0v) is 11.5. The molecule has 2 rings (SSSR count). The fourth-order valence-corrected chi connectivity index (χ4v) is 1.93. The molecule has 2 amide bonds. The lowest BCUT2D eigenvalue weighted by atomic mass is 10.3. The highest BCUT2D eigenvalue weighted by molar-refractivity contribution is 6.35. The minimum atomic E-state index is -0.551. The molecule has 0 spiro atoms. The first kappa shape index (κ1) is 14.3. The third-order valence-corrected chi connectivity index (χ3v) is 3.03. The molecule has 0 bridgehead atoms. The first-order chi connectivity index (χ1) is 9.45. The van der Waals surface area contributed by atoms with E-state index in [1.54, 1.807) is 0 Å². The lowest BCUT2D eigenvalue weighted by molar-refractivity contribution is 0.262. The fraction of sp³-hybridized carbons (Fsp3) is 0. The number of phenols is 2. The monoisotopic (exact) mass is 312 g/mol. The number of hydrogen-bond acceptors (Lipinski definition) is 3. The van der Waals surface area contributed by atoms with Gasteiger partial charge in [0.15, 0.2) is 0 Å². The molecule has 0 fully saturated rings. The zero-order valence-electron chi connectivity index (χ0n) is 10.0. The summed E-state index contributed by atoms with van der Waals surface area (Å²) in [5.74, 6) is 0.00470. The van der Waals surface area contributed by atoms with Crippen molar-refractivity contribution >= 4 is 40.6 Å². The molecular weight excluding hydrogens is 303 g/mol. The van der Waals surface area contributed by atoms with Crippen molar-refractivity contribution in [3.05, 3.63) is 46.4 Å². The number of anilines is 2. The van der Waals surface area contributed by atoms with Crippen molar-refractivity contribution in [2.75, 3.05) is 10.6 Å². The standard InChI is InChI=1S/C13H10Cl2N2O3/c14-9-5-7(18)1-3-11(9)16-13(20)17-12-4-2-8(19)6-10(12)15/h1-6,18-19H,(H2,16,17,20). The second-order valence-electron chi connectivity index (χ2n) is 3.91. The average molecular weight is 313 g/mol. The molecule has 0 aliphatic rings. The number of phenolic OH excluding ortho intramolecular Hbond substituents is 2. The van der Waals surface area contributed by atoms with Crippen LogP contribution in [0.1, 0.15) is 0 Å². The molecule has 2 aromatic rings. The second-order valence-corrected chi connectivity index (χ2v) is 4.72. The van der Waals surface area contributed by atoms with Gasteiger partial charge in [-0.2, -0.15) is 0 Å². The first-order valence-electron chi connectivity index (χ1n) is 5.51. The SMILES string of the molecule is O=C(Nc1ccc(O)cc1Cl)Nc1ccc(O)cc1Cl. The van der Waals surface area contributed by atoms with E-state index in [-0.39, 0.29) is 21.5 Å². The molecule has 20 heavy (non-hydrogen) atoms. The summed E-state index contributed by atoms with van der Waals surface area (Å²) >= 11 is 11.7. The van der Waals surface area contributed by atoms with Gasteiger partial charge in [0.25, 0.3) is 0 Å². The molecule has 0 aromatic heterocycles. The number of amides is 2. The van der Waals surface area contributed by atoms with Gasteiger partial charge >= 0.3 is 6.03 Å². The second kappa shape index (κ2) is 5.90. The molecule has 4 N–H and O–H groups in total. The van der Waals surface area contributed by atoms with Crippen LogP contribution in [-0.2, 0) is 0 Å². The maximum atomic E-state index is 11.8. The average Bonchev–Trinajstić information content (AvgIpc) is 2.36. The molecule has 0 atom stereocenters. The van der Waals surface area contributed by atoms with Crippen molar-refractivity contribution in [1.29, 1.82) is 0 Å². The predicted molar refractivity (Wildman–Crippen MR) is 78.9 cm³/mol. The van der Waals surface area contributed by atoms with Crippen molar-refractivity contribution in [3.8, 4) is 11.5 Å². The van der Waals surface area contributed by atoms with Gasteiger partial charge in [0.2, 0.25) is 0 Å². The Kier molecular flexibility index (Phi) is 4.22. The van der Waals surface area contributed by atoms with Crippen LogP contribution in [0.25, 0.3) is 0 Å². The van der Waals surface area contributed by atoms with Crippen LogP contribution >= 0.6 is 23.2 Å². The third-order valence-electron chi connectivity index (χ3n) is 2.40. The highest BCUT2D eigenvalue weighted by Gasteiger charge is 2.09. The van der Waals surface area contributed by atoms with E-state index in [1.165, 1.54) is 36.4 Å². The molecule has 7 heteroatoms. The van der Waals surface area contributed by atoms with Gasteiger partial charge in [-0.3, -0.25) is 0 Å². The Hall–Kier alpha value is -2.11. The number of rotatable bonds is 2. The largest absolute Gasteiger partial charge is 0.508 e. The van der Waals surface area contributed by atoms with Gasteiger partial charge in [-0.15, -0.1) is 0 Å². The quantitative estimate of drug-likeness (QED) is 0.631. The van der Waals surface area contributed by atoms with Crippen molar-refractivity contribution in [1.82, 2.24) is 0 Å². The molecule has 0 unspecified atom stereocenters. The molecule has 0 saturated heterocycles. The van der Waals surface area contributed by atoms with E-state index in [9.17, 15) is 15.0 Å². The Bertz CT molecular complexity index is 607. The Morgan fingerprint density at radius 3 is 1.60 bits per heavy atom. The summed E-state index contributed by atoms with van der Waals surface area (Å²) in [6, 6.07) is 7.80. The normalized spacial score (nSPS) is 10.1. The number of urea groups is 1. The number of carbonyl (C=O) groups is 1. The maximum Gasteiger partial charge on any atom is 0.323 e. The zero-order chi connectivity index (χ0) is 14.7. The van der Waals surface area contributed by atoms with Gasteiger partial charge in [0.05, 0.1) is 21.4 Å². The first-order valence-corrected chi connectivity index (χ1v) is 6.26. The topological polar surface area (TPSA) is 81.6 Å². The molecule has 0 radical (unpaired) electrons. The van der Waals surface area contributed by atoms with Crippen LogP contribution in [0.15, 0.2) is 36.4 Å². The predicted octanol–water partition coefficient (Wildman–Crippen LogP) is 4.05. The van der Waals surface area contributed by atoms with Crippen LogP contribution in [0.2, 0.25) is 10.0 Å². The molecular formula is C13H10Cl2N2O3. The highest BCUT2D eigenvalue weighted by Crippen LogP contribution is 2.28. The van der Waals surface area contributed by atoms with Gasteiger partial charge in [0, 0.05) is 12.1 Å². The van der Waals surface area contributed by atoms with E-state index in [0.717, 1.165) is 0 Å². The molecule has 2 aromatic carbocycles. The van der Waals surface area contributed by atoms with Crippen LogP contribution in [0.4, 0.5) is 16.2 Å². The van der Waals surface area contributed by atoms with Gasteiger partial charge in [-0.25, -0.2) is 4.79 Å². The molecule has 0 aliphatic carbocycles. The van der Waals surface area contributed by atoms with Gasteiger partial charge in [-0.05, 0) is 24.3 Å². The van der Waals surface area contributed by atoms with Crippen LogP contribution < -0.4 is 10.6 Å². The number of nitrogens with one attached hydrogen (secondary N) is 2. The van der Waals surface area contributed by atoms with Crippen LogP contribution in [0.3, 0.4) is 0 Å². The molecule has 104 valence electrons. The molecule has 0 aliphatic heterocycles. The minimum Gasteiger partial charge on any atom is -0.508 e. The summed E-state index contributed by atoms with van der Waals surface area (Å²) in [6.07, 6.45) is 0. The Labute approximate surface area is 124 Å². The number of benzene rings is 2. The molecule has 0 saturated carbocycles. The summed E-state index contributed by atoms with van der Waals surface area (Å²) in [5, 5.41) is 23.9. The van der Waals surface area contributed by atoms with Crippen molar-refractivity contribution in [3.63, 3.8) is 0 Å². The maximum absolute atomic E-state index is 11.8. The third kappa shape index (κ3) is 3.46. The van der Waals surface area contributed by atoms with Gasteiger partial charge < -0.3 is 20.8 Å². The number of halogens is 2. The van der Waals surface area contributed by atoms with Crippen LogP contribution in [0.5, 0.6) is 11.5 Å². The Morgan fingerprint density at radius 2 is 1.25 bits per heavy atom. The number of hydrogen-bond donors (Lipinski definition) is 4. The summed E-state index contributed by atoms with van der Waals surface area (Å²) < 4.78 is 0. The lowest BCUT2D eigenvalue weighted by Crippen LogP contribution is -2.19. The van der Waals surface area contributed by atoms with Gasteiger partial charge in [-0.1, -0.05) is 23.2 Å². The number of carbonyl (C=O) groups excluding carboxylic acids is 1. The highest BCUT2D eigenvalue weighted by atomic mass is 35.5. The van der Waals surface area contributed by atoms with E-state index in [2.05, 4.69) is 10.6 Å². The number of aromatic hydroxyl groups is 2. The van der Waals surface area contributed by atoms with E-state index in [4.69, 9.17) is 23.2 Å². The smallest absolute Gasteiger partial charge is 0.323 e. The van der Waals surface area contributed by atoms with Gasteiger partial charge in [0.1, 0.15) is 11.5 Å². The van der Waals surface area contributed by atoms with E-state index in [1.807, 2.05) is 0 Å². The summed E-state index contributed by atoms with van der Waals surface area (Å²) in [7, 11) is 0. The van der Waals surface area contributed by atoms with E-state index in [0.29, 0.717) is 11.4 Å². The summed E-state index contributed by atoms with van der Waals surface area (Å²) in [6.45, 7) is 0. The van der Waals surface area contributed by atoms with Crippen molar-refractivity contribution in [2.45, 2.75) is 0 Å². The van der Waals surface area contributed by atoms with E-state index >= 15 is 0 Å². The Balaban J connectivity index is 2.09. The fourth-order valence-electron chi connectivity index (χ4n) is 1.49. The van der Waals surface area contributed by atoms with Crippen molar-refractivity contribution < 1.29 is 15.0 Å². The minimum absolute atomic E-state index is 0.00235. The molecule has 5 nitrogen and oxygen atoms in total. The summed E-state index contributed by atoms with van der Waals surface area (Å²) in [4.78, 5) is 11.8.